The Morgan fingerprint density at radius 3 is 2.71 bits per heavy atom. The Kier molecular flexibility index (Phi) is 6.08. The van der Waals surface area contributed by atoms with Gasteiger partial charge in [0, 0.05) is 6.92 Å². The van der Waals surface area contributed by atoms with Crippen LogP contribution in [-0.4, -0.2) is 24.1 Å². The van der Waals surface area contributed by atoms with Gasteiger partial charge in [0.2, 0.25) is 0 Å². The number of hydrogen-bond acceptors (Lipinski definition) is 3. The minimum absolute atomic E-state index is 0.154. The first-order chi connectivity index (χ1) is 6.79. The summed E-state index contributed by atoms with van der Waals surface area (Å²) in [6.45, 7) is 2.08. The van der Waals surface area contributed by atoms with Crippen molar-refractivity contribution in [2.75, 3.05) is 18.1 Å². The number of carbonyl (C=O) groups is 1. The molecule has 0 N–H and O–H groups in total. The molecule has 0 bridgehead atoms. The third kappa shape index (κ3) is 5.53. The molecule has 0 aromatic heterocycles. The van der Waals surface area contributed by atoms with Gasteiger partial charge in [0.25, 0.3) is 0 Å². The van der Waals surface area contributed by atoms with Gasteiger partial charge < -0.3 is 4.74 Å². The van der Waals surface area contributed by atoms with Gasteiger partial charge >= 0.3 is 5.97 Å². The Balaban J connectivity index is 1.90. The highest BCUT2D eigenvalue weighted by molar-refractivity contribution is 7.99. The van der Waals surface area contributed by atoms with Crippen molar-refractivity contribution < 1.29 is 9.53 Å². The smallest absolute Gasteiger partial charge is 0.302 e. The first-order valence-corrected chi connectivity index (χ1v) is 6.65. The van der Waals surface area contributed by atoms with Gasteiger partial charge in [-0.1, -0.05) is 6.42 Å². The largest absolute Gasteiger partial charge is 0.466 e. The van der Waals surface area contributed by atoms with Crippen LogP contribution in [0.3, 0.4) is 0 Å². The molecule has 0 spiro atoms. The Morgan fingerprint density at radius 2 is 2.07 bits per heavy atom. The lowest BCUT2D eigenvalue weighted by atomic mass is 9.96. The normalized spacial score (nSPS) is 18.1. The van der Waals surface area contributed by atoms with Crippen LogP contribution in [0.4, 0.5) is 0 Å². The molecule has 1 aliphatic heterocycles. The molecule has 0 atom stereocenters. The van der Waals surface area contributed by atoms with Crippen LogP contribution in [0, 0.1) is 5.92 Å². The molecule has 3 heteroatoms. The van der Waals surface area contributed by atoms with Crippen molar-refractivity contribution in [3.8, 4) is 0 Å². The van der Waals surface area contributed by atoms with Crippen LogP contribution in [0.2, 0.25) is 0 Å². The molecule has 82 valence electrons. The maximum atomic E-state index is 10.5. The molecule has 0 aromatic rings. The highest BCUT2D eigenvalue weighted by Crippen LogP contribution is 2.26. The van der Waals surface area contributed by atoms with Gasteiger partial charge in [0.05, 0.1) is 6.61 Å². The van der Waals surface area contributed by atoms with Crippen LogP contribution >= 0.6 is 11.8 Å². The van der Waals surface area contributed by atoms with E-state index in [-0.39, 0.29) is 5.97 Å². The molecule has 1 heterocycles. The molecular weight excluding hydrogens is 196 g/mol. The van der Waals surface area contributed by atoms with Crippen LogP contribution in [0.5, 0.6) is 0 Å². The molecule has 0 aromatic carbocycles. The summed E-state index contributed by atoms with van der Waals surface area (Å²) >= 11 is 2.08. The number of esters is 1. The fourth-order valence-electron chi connectivity index (χ4n) is 1.79. The molecule has 0 aliphatic carbocycles. The molecule has 1 saturated heterocycles. The highest BCUT2D eigenvalue weighted by Gasteiger charge is 2.12. The van der Waals surface area contributed by atoms with Crippen LogP contribution in [-0.2, 0) is 9.53 Å². The summed E-state index contributed by atoms with van der Waals surface area (Å²) in [4.78, 5) is 10.5. The third-order valence-corrected chi connectivity index (χ3v) is 3.70. The maximum Gasteiger partial charge on any atom is 0.302 e. The zero-order valence-electron chi connectivity index (χ0n) is 8.96. The zero-order chi connectivity index (χ0) is 10.2. The minimum atomic E-state index is -0.154. The third-order valence-electron chi connectivity index (χ3n) is 2.65. The second-order valence-electron chi connectivity index (χ2n) is 3.89. The van der Waals surface area contributed by atoms with E-state index >= 15 is 0 Å². The lowest BCUT2D eigenvalue weighted by molar-refractivity contribution is -0.141. The predicted molar refractivity (Wildman–Crippen MR) is 60.5 cm³/mol. The first-order valence-electron chi connectivity index (χ1n) is 5.50. The predicted octanol–water partition coefficient (Wildman–Crippen LogP) is 2.86. The van der Waals surface area contributed by atoms with E-state index < -0.39 is 0 Å². The van der Waals surface area contributed by atoms with Gasteiger partial charge in [-0.2, -0.15) is 11.8 Å². The Labute approximate surface area is 90.8 Å². The Bertz CT molecular complexity index is 165. The van der Waals surface area contributed by atoms with E-state index in [2.05, 4.69) is 11.8 Å². The summed E-state index contributed by atoms with van der Waals surface area (Å²) in [5.41, 5.74) is 0. The summed E-state index contributed by atoms with van der Waals surface area (Å²) in [7, 11) is 0. The van der Waals surface area contributed by atoms with Gasteiger partial charge in [-0.05, 0) is 43.1 Å². The van der Waals surface area contributed by atoms with Crippen molar-refractivity contribution in [3.63, 3.8) is 0 Å². The van der Waals surface area contributed by atoms with Crippen molar-refractivity contribution in [3.05, 3.63) is 0 Å². The molecule has 0 unspecified atom stereocenters. The van der Waals surface area contributed by atoms with Gasteiger partial charge in [-0.15, -0.1) is 0 Å². The fourth-order valence-corrected chi connectivity index (χ4v) is 2.99. The molecule has 1 aliphatic rings. The second kappa shape index (κ2) is 7.16. The SMILES string of the molecule is CC(=O)OCCCCC1CCSCC1. The molecule has 1 fully saturated rings. The van der Waals surface area contributed by atoms with Crippen molar-refractivity contribution in [1.82, 2.24) is 0 Å². The molecule has 1 rings (SSSR count). The van der Waals surface area contributed by atoms with Crippen molar-refractivity contribution in [2.24, 2.45) is 5.92 Å². The van der Waals surface area contributed by atoms with Crippen LogP contribution in [0.25, 0.3) is 0 Å². The zero-order valence-corrected chi connectivity index (χ0v) is 9.78. The van der Waals surface area contributed by atoms with E-state index in [1.165, 1.54) is 44.1 Å². The Morgan fingerprint density at radius 1 is 1.36 bits per heavy atom. The van der Waals surface area contributed by atoms with E-state index in [0.717, 1.165) is 12.3 Å². The minimum Gasteiger partial charge on any atom is -0.466 e. The van der Waals surface area contributed by atoms with E-state index in [1.807, 2.05) is 0 Å². The van der Waals surface area contributed by atoms with Crippen molar-refractivity contribution in [2.45, 2.75) is 39.0 Å². The lowest BCUT2D eigenvalue weighted by Gasteiger charge is -2.20. The number of unbranched alkanes of at least 4 members (excludes halogenated alkanes) is 1. The quantitative estimate of drug-likeness (QED) is 0.522. The number of thioether (sulfide) groups is 1. The number of rotatable bonds is 5. The molecule has 2 nitrogen and oxygen atoms in total. The summed E-state index contributed by atoms with van der Waals surface area (Å²) in [6.07, 6.45) is 6.34. The van der Waals surface area contributed by atoms with Crippen molar-refractivity contribution >= 4 is 17.7 Å². The van der Waals surface area contributed by atoms with Crippen LogP contribution < -0.4 is 0 Å². The summed E-state index contributed by atoms with van der Waals surface area (Å²) in [5.74, 6) is 3.47. The van der Waals surface area contributed by atoms with Crippen molar-refractivity contribution in [1.29, 1.82) is 0 Å². The summed E-state index contributed by atoms with van der Waals surface area (Å²) in [5, 5.41) is 0. The van der Waals surface area contributed by atoms with E-state index in [9.17, 15) is 4.79 Å². The van der Waals surface area contributed by atoms with E-state index in [1.54, 1.807) is 0 Å². The van der Waals surface area contributed by atoms with E-state index in [4.69, 9.17) is 4.74 Å². The average Bonchev–Trinajstić information content (AvgIpc) is 2.18. The molecule has 0 saturated carbocycles. The van der Waals surface area contributed by atoms with E-state index in [0.29, 0.717) is 6.61 Å². The molecule has 14 heavy (non-hydrogen) atoms. The maximum absolute atomic E-state index is 10.5. The van der Waals surface area contributed by atoms with Gasteiger partial charge in [-0.25, -0.2) is 0 Å². The average molecular weight is 216 g/mol. The number of carbonyl (C=O) groups excluding carboxylic acids is 1. The van der Waals surface area contributed by atoms with Gasteiger partial charge in [-0.3, -0.25) is 4.79 Å². The van der Waals surface area contributed by atoms with Gasteiger partial charge in [0.15, 0.2) is 0 Å². The first kappa shape index (κ1) is 11.9. The molecular formula is C11H20O2S. The molecule has 0 amide bonds. The Hall–Kier alpha value is -0.180. The van der Waals surface area contributed by atoms with Gasteiger partial charge in [0.1, 0.15) is 0 Å². The monoisotopic (exact) mass is 216 g/mol. The fraction of sp³-hybridized carbons (Fsp3) is 0.909. The lowest BCUT2D eigenvalue weighted by Crippen LogP contribution is -2.09. The molecule has 0 radical (unpaired) electrons. The van der Waals surface area contributed by atoms with Crippen LogP contribution in [0.1, 0.15) is 39.0 Å². The summed E-state index contributed by atoms with van der Waals surface area (Å²) < 4.78 is 4.89. The summed E-state index contributed by atoms with van der Waals surface area (Å²) in [6, 6.07) is 0. The second-order valence-corrected chi connectivity index (χ2v) is 5.12. The topological polar surface area (TPSA) is 26.3 Å². The van der Waals surface area contributed by atoms with Crippen LogP contribution in [0.15, 0.2) is 0 Å². The number of hydrogen-bond donors (Lipinski definition) is 0. The highest BCUT2D eigenvalue weighted by atomic mass is 32.2. The number of ether oxygens (including phenoxy) is 1. The standard InChI is InChI=1S/C11H20O2S/c1-10(12)13-7-3-2-4-11-5-8-14-9-6-11/h11H,2-9H2,1H3.